The Morgan fingerprint density at radius 3 is 2.74 bits per heavy atom. The summed E-state index contributed by atoms with van der Waals surface area (Å²) in [5.74, 6) is -0.565. The topological polar surface area (TPSA) is 52.4 Å². The molecule has 19 heavy (non-hydrogen) atoms. The Hall–Kier alpha value is -1.95. The second-order valence-electron chi connectivity index (χ2n) is 3.82. The highest BCUT2D eigenvalue weighted by Crippen LogP contribution is 2.23. The fraction of sp³-hybridized carbons (Fsp3) is 0.0769. The maximum absolute atomic E-state index is 13.2. The lowest BCUT2D eigenvalue weighted by molar-refractivity contribution is -0.385. The minimum absolute atomic E-state index is 0.131. The minimum Gasteiger partial charge on any atom is -0.489 e. The molecule has 0 unspecified atom stereocenters. The van der Waals surface area contributed by atoms with Crippen LogP contribution in [0.4, 0.5) is 10.1 Å². The Balaban J connectivity index is 2.13. The molecule has 0 spiro atoms. The van der Waals surface area contributed by atoms with Crippen LogP contribution in [0.3, 0.4) is 0 Å². The molecule has 4 nitrogen and oxygen atoms in total. The standard InChI is InChI=1S/C13H9BrFNO3/c14-10-3-1-2-9(4-10)8-19-13-6-11(15)5-12(7-13)16(17)18/h1-7H,8H2. The van der Waals surface area contributed by atoms with E-state index in [1.165, 1.54) is 6.07 Å². The van der Waals surface area contributed by atoms with E-state index < -0.39 is 10.7 Å². The predicted octanol–water partition coefficient (Wildman–Crippen LogP) is 4.08. The van der Waals surface area contributed by atoms with Crippen LogP contribution in [0.25, 0.3) is 0 Å². The van der Waals surface area contributed by atoms with Gasteiger partial charge in [0.25, 0.3) is 5.69 Å². The van der Waals surface area contributed by atoms with E-state index in [4.69, 9.17) is 4.74 Å². The van der Waals surface area contributed by atoms with Gasteiger partial charge in [-0.05, 0) is 17.7 Å². The largest absolute Gasteiger partial charge is 0.489 e. The average molecular weight is 326 g/mol. The third-order valence-electron chi connectivity index (χ3n) is 2.36. The fourth-order valence-corrected chi connectivity index (χ4v) is 1.98. The van der Waals surface area contributed by atoms with Crippen molar-refractivity contribution in [1.82, 2.24) is 0 Å². The van der Waals surface area contributed by atoms with Crippen molar-refractivity contribution in [1.29, 1.82) is 0 Å². The van der Waals surface area contributed by atoms with E-state index in [1.807, 2.05) is 24.3 Å². The second kappa shape index (κ2) is 5.79. The molecule has 0 saturated carbocycles. The number of benzene rings is 2. The average Bonchev–Trinajstić information content (AvgIpc) is 2.36. The maximum Gasteiger partial charge on any atom is 0.276 e. The molecule has 0 amide bonds. The molecule has 2 aromatic carbocycles. The van der Waals surface area contributed by atoms with E-state index in [0.29, 0.717) is 0 Å². The summed E-state index contributed by atoms with van der Waals surface area (Å²) in [6.45, 7) is 0.208. The summed E-state index contributed by atoms with van der Waals surface area (Å²) in [7, 11) is 0. The molecule has 0 N–H and O–H groups in total. The lowest BCUT2D eigenvalue weighted by atomic mass is 10.2. The molecule has 6 heteroatoms. The fourth-order valence-electron chi connectivity index (χ4n) is 1.53. The number of nitro benzene ring substituents is 1. The van der Waals surface area contributed by atoms with Gasteiger partial charge in [-0.2, -0.15) is 0 Å². The van der Waals surface area contributed by atoms with Crippen LogP contribution < -0.4 is 4.74 Å². The Morgan fingerprint density at radius 2 is 2.05 bits per heavy atom. The molecule has 2 aromatic rings. The number of hydrogen-bond acceptors (Lipinski definition) is 3. The van der Waals surface area contributed by atoms with E-state index in [-0.39, 0.29) is 18.0 Å². The summed E-state index contributed by atoms with van der Waals surface area (Å²) in [6, 6.07) is 10.6. The van der Waals surface area contributed by atoms with Gasteiger partial charge in [0.2, 0.25) is 0 Å². The number of hydrogen-bond donors (Lipinski definition) is 0. The van der Waals surface area contributed by atoms with Gasteiger partial charge < -0.3 is 4.74 Å². The number of non-ortho nitro benzene ring substituents is 1. The molecule has 0 aliphatic rings. The first-order valence-corrected chi connectivity index (χ1v) is 6.16. The maximum atomic E-state index is 13.2. The van der Waals surface area contributed by atoms with Crippen molar-refractivity contribution in [2.24, 2.45) is 0 Å². The zero-order valence-electron chi connectivity index (χ0n) is 9.68. The summed E-state index contributed by atoms with van der Waals surface area (Å²) in [6.07, 6.45) is 0. The van der Waals surface area contributed by atoms with E-state index in [2.05, 4.69) is 15.9 Å². The first-order valence-electron chi connectivity index (χ1n) is 5.37. The number of ether oxygens (including phenoxy) is 1. The molecule has 2 rings (SSSR count). The van der Waals surface area contributed by atoms with Crippen molar-refractivity contribution in [3.05, 3.63) is 68.4 Å². The van der Waals surface area contributed by atoms with Crippen LogP contribution in [0.15, 0.2) is 46.9 Å². The molecular weight excluding hydrogens is 317 g/mol. The van der Waals surface area contributed by atoms with Crippen LogP contribution in [0.1, 0.15) is 5.56 Å². The normalized spacial score (nSPS) is 10.2. The molecule has 0 heterocycles. The number of nitrogens with zero attached hydrogens (tertiary/aromatic N) is 1. The smallest absolute Gasteiger partial charge is 0.276 e. The Kier molecular flexibility index (Phi) is 4.11. The molecule has 0 aliphatic carbocycles. The van der Waals surface area contributed by atoms with Gasteiger partial charge in [0, 0.05) is 10.5 Å². The van der Waals surface area contributed by atoms with E-state index in [1.54, 1.807) is 0 Å². The van der Waals surface area contributed by atoms with Gasteiger partial charge in [0.15, 0.2) is 0 Å². The van der Waals surface area contributed by atoms with Crippen LogP contribution in [0.5, 0.6) is 5.75 Å². The highest BCUT2D eigenvalue weighted by atomic mass is 79.9. The van der Waals surface area contributed by atoms with Crippen molar-refractivity contribution < 1.29 is 14.1 Å². The number of halogens is 2. The second-order valence-corrected chi connectivity index (χ2v) is 4.74. The third kappa shape index (κ3) is 3.75. The minimum atomic E-state index is -0.696. The lowest BCUT2D eigenvalue weighted by Gasteiger charge is -2.06. The summed E-state index contributed by atoms with van der Waals surface area (Å²) >= 11 is 3.33. The molecule has 0 atom stereocenters. The molecule has 0 radical (unpaired) electrons. The highest BCUT2D eigenvalue weighted by molar-refractivity contribution is 9.10. The Labute approximate surface area is 117 Å². The predicted molar refractivity (Wildman–Crippen MR) is 71.5 cm³/mol. The monoisotopic (exact) mass is 325 g/mol. The summed E-state index contributed by atoms with van der Waals surface area (Å²) in [4.78, 5) is 9.94. The molecule has 0 fully saturated rings. The van der Waals surface area contributed by atoms with Gasteiger partial charge in [0.1, 0.15) is 18.2 Å². The van der Waals surface area contributed by atoms with Crippen molar-refractivity contribution in [2.45, 2.75) is 6.61 Å². The molecule has 0 bridgehead atoms. The molecule has 0 aliphatic heterocycles. The van der Waals surface area contributed by atoms with Gasteiger partial charge in [-0.3, -0.25) is 10.1 Å². The molecule has 0 saturated heterocycles. The zero-order chi connectivity index (χ0) is 13.8. The van der Waals surface area contributed by atoms with Gasteiger partial charge in [0.05, 0.1) is 17.1 Å². The number of rotatable bonds is 4. The summed E-state index contributed by atoms with van der Waals surface area (Å²) < 4.78 is 19.4. The van der Waals surface area contributed by atoms with Crippen molar-refractivity contribution in [3.8, 4) is 5.75 Å². The summed E-state index contributed by atoms with van der Waals surface area (Å²) in [5.41, 5.74) is 0.547. The zero-order valence-corrected chi connectivity index (χ0v) is 11.3. The van der Waals surface area contributed by atoms with Gasteiger partial charge in [-0.15, -0.1) is 0 Å². The Bertz CT molecular complexity index is 619. The van der Waals surface area contributed by atoms with E-state index >= 15 is 0 Å². The van der Waals surface area contributed by atoms with E-state index in [0.717, 1.165) is 22.2 Å². The summed E-state index contributed by atoms with van der Waals surface area (Å²) in [5, 5.41) is 10.6. The van der Waals surface area contributed by atoms with Crippen molar-refractivity contribution in [3.63, 3.8) is 0 Å². The molecule has 98 valence electrons. The lowest BCUT2D eigenvalue weighted by Crippen LogP contribution is -1.97. The van der Waals surface area contributed by atoms with Crippen LogP contribution in [0.2, 0.25) is 0 Å². The van der Waals surface area contributed by atoms with Crippen molar-refractivity contribution in [2.75, 3.05) is 0 Å². The van der Waals surface area contributed by atoms with Gasteiger partial charge in [-0.1, -0.05) is 28.1 Å². The van der Waals surface area contributed by atoms with E-state index in [9.17, 15) is 14.5 Å². The van der Waals surface area contributed by atoms with Gasteiger partial charge in [-0.25, -0.2) is 4.39 Å². The molecule has 0 aromatic heterocycles. The highest BCUT2D eigenvalue weighted by Gasteiger charge is 2.10. The third-order valence-corrected chi connectivity index (χ3v) is 2.85. The van der Waals surface area contributed by atoms with Crippen molar-refractivity contribution >= 4 is 21.6 Å². The van der Waals surface area contributed by atoms with Crippen LogP contribution in [0, 0.1) is 15.9 Å². The van der Waals surface area contributed by atoms with Crippen LogP contribution in [-0.2, 0) is 6.61 Å². The first-order chi connectivity index (χ1) is 9.04. The SMILES string of the molecule is O=[N+]([O-])c1cc(F)cc(OCc2cccc(Br)c2)c1. The van der Waals surface area contributed by atoms with Crippen LogP contribution >= 0.6 is 15.9 Å². The quantitative estimate of drug-likeness (QED) is 0.628. The molecular formula is C13H9BrFNO3. The number of nitro groups is 1. The van der Waals surface area contributed by atoms with Crippen LogP contribution in [-0.4, -0.2) is 4.92 Å². The Morgan fingerprint density at radius 1 is 1.26 bits per heavy atom. The van der Waals surface area contributed by atoms with Gasteiger partial charge >= 0.3 is 0 Å². The first kappa shape index (κ1) is 13.5.